The second-order valence-corrected chi connectivity index (χ2v) is 12.4. The fraction of sp³-hybridized carbons (Fsp3) is 0.294. The lowest BCUT2D eigenvalue weighted by Crippen LogP contribution is -2.27. The Kier molecular flexibility index (Phi) is 3.82. The molecular weight excluding hydrogens is 293 g/mol. The molecule has 1 heterocycles. The van der Waals surface area contributed by atoms with Gasteiger partial charge < -0.3 is 0 Å². The first-order valence-corrected chi connectivity index (χ1v) is 11.2. The van der Waals surface area contributed by atoms with E-state index in [0.29, 0.717) is 0 Å². The average Bonchev–Trinajstić information content (AvgIpc) is 2.89. The Bertz CT molecular complexity index is 774. The van der Waals surface area contributed by atoms with Crippen molar-refractivity contribution in [1.82, 2.24) is 15.0 Å². The van der Waals surface area contributed by atoms with Crippen LogP contribution in [0.4, 0.5) is 4.39 Å². The SMILES string of the molecule is C[Si](C)(C)C[C@H](c1ccc(F)cc1)n1nnc2ccccc21. The first-order valence-electron chi connectivity index (χ1n) is 7.49. The van der Waals surface area contributed by atoms with E-state index in [4.69, 9.17) is 0 Å². The van der Waals surface area contributed by atoms with E-state index in [1.54, 1.807) is 0 Å². The van der Waals surface area contributed by atoms with Crippen molar-refractivity contribution < 1.29 is 4.39 Å². The summed E-state index contributed by atoms with van der Waals surface area (Å²) in [5.74, 6) is -0.209. The lowest BCUT2D eigenvalue weighted by atomic mass is 10.1. The summed E-state index contributed by atoms with van der Waals surface area (Å²) in [6.07, 6.45) is 0. The number of hydrogen-bond acceptors (Lipinski definition) is 2. The van der Waals surface area contributed by atoms with Crippen LogP contribution in [-0.4, -0.2) is 23.1 Å². The molecule has 3 nitrogen and oxygen atoms in total. The number of nitrogens with zero attached hydrogens (tertiary/aromatic N) is 3. The molecule has 0 aliphatic rings. The zero-order valence-electron chi connectivity index (χ0n) is 13.1. The normalized spacial score (nSPS) is 13.5. The van der Waals surface area contributed by atoms with E-state index in [9.17, 15) is 4.39 Å². The van der Waals surface area contributed by atoms with Crippen LogP contribution in [0.2, 0.25) is 25.7 Å². The molecule has 0 radical (unpaired) electrons. The molecule has 3 aromatic rings. The topological polar surface area (TPSA) is 30.7 Å². The van der Waals surface area contributed by atoms with Gasteiger partial charge in [0.15, 0.2) is 0 Å². The molecule has 0 aliphatic carbocycles. The molecule has 114 valence electrons. The highest BCUT2D eigenvalue weighted by atomic mass is 28.3. The molecule has 0 aliphatic heterocycles. The van der Waals surface area contributed by atoms with Crippen LogP contribution in [0.5, 0.6) is 0 Å². The van der Waals surface area contributed by atoms with Crippen molar-refractivity contribution in [3.8, 4) is 0 Å². The van der Waals surface area contributed by atoms with Crippen molar-refractivity contribution in [2.45, 2.75) is 31.7 Å². The van der Waals surface area contributed by atoms with Gasteiger partial charge in [-0.1, -0.05) is 49.1 Å². The Morgan fingerprint density at radius 2 is 1.73 bits per heavy atom. The Balaban J connectivity index is 2.10. The van der Waals surface area contributed by atoms with Gasteiger partial charge >= 0.3 is 0 Å². The molecule has 0 saturated carbocycles. The standard InChI is InChI=1S/C17H20FN3Si/c1-22(2,3)12-17(13-8-10-14(18)11-9-13)21-16-7-5-4-6-15(16)19-20-21/h4-11,17H,12H2,1-3H3/t17-/m1/s1. The Morgan fingerprint density at radius 1 is 1.05 bits per heavy atom. The van der Waals surface area contributed by atoms with Crippen LogP contribution >= 0.6 is 0 Å². The van der Waals surface area contributed by atoms with Crippen LogP contribution in [0.3, 0.4) is 0 Å². The van der Waals surface area contributed by atoms with Gasteiger partial charge in [0, 0.05) is 8.07 Å². The van der Waals surface area contributed by atoms with Crippen LogP contribution < -0.4 is 0 Å². The fourth-order valence-corrected chi connectivity index (χ4v) is 4.30. The molecule has 1 atom stereocenters. The summed E-state index contributed by atoms with van der Waals surface area (Å²) in [6, 6.07) is 15.9. The summed E-state index contributed by atoms with van der Waals surface area (Å²) in [4.78, 5) is 0. The van der Waals surface area contributed by atoms with E-state index in [-0.39, 0.29) is 11.9 Å². The van der Waals surface area contributed by atoms with Gasteiger partial charge in [0.1, 0.15) is 11.3 Å². The van der Waals surface area contributed by atoms with E-state index in [2.05, 4.69) is 30.0 Å². The van der Waals surface area contributed by atoms with Crippen LogP contribution in [0, 0.1) is 5.82 Å². The fourth-order valence-electron chi connectivity index (χ4n) is 2.73. The second kappa shape index (κ2) is 5.65. The van der Waals surface area contributed by atoms with Gasteiger partial charge in [-0.05, 0) is 35.9 Å². The molecule has 3 rings (SSSR count). The molecule has 0 amide bonds. The van der Waals surface area contributed by atoms with Crippen molar-refractivity contribution in [3.05, 3.63) is 59.9 Å². The predicted molar refractivity (Wildman–Crippen MR) is 90.2 cm³/mol. The summed E-state index contributed by atoms with van der Waals surface area (Å²) in [6.45, 7) is 7.01. The zero-order chi connectivity index (χ0) is 15.7. The van der Waals surface area contributed by atoms with E-state index in [1.807, 2.05) is 41.1 Å². The van der Waals surface area contributed by atoms with E-state index >= 15 is 0 Å². The monoisotopic (exact) mass is 313 g/mol. The smallest absolute Gasteiger partial charge is 0.123 e. The lowest BCUT2D eigenvalue weighted by Gasteiger charge is -2.25. The minimum absolute atomic E-state index is 0.0969. The third-order valence-corrected chi connectivity index (χ3v) is 5.34. The maximum absolute atomic E-state index is 13.3. The predicted octanol–water partition coefficient (Wildman–Crippen LogP) is 4.50. The van der Waals surface area contributed by atoms with Gasteiger partial charge in [0.2, 0.25) is 0 Å². The number of benzene rings is 2. The summed E-state index contributed by atoms with van der Waals surface area (Å²) in [7, 11) is -1.34. The van der Waals surface area contributed by atoms with Gasteiger partial charge in [-0.25, -0.2) is 9.07 Å². The van der Waals surface area contributed by atoms with Crippen LogP contribution in [0.1, 0.15) is 11.6 Å². The zero-order valence-corrected chi connectivity index (χ0v) is 14.1. The molecule has 0 spiro atoms. The Hall–Kier alpha value is -2.01. The highest BCUT2D eigenvalue weighted by molar-refractivity contribution is 6.76. The number of fused-ring (bicyclic) bond motifs is 1. The highest BCUT2D eigenvalue weighted by Gasteiger charge is 2.25. The number of para-hydroxylation sites is 1. The third-order valence-electron chi connectivity index (χ3n) is 3.73. The quantitative estimate of drug-likeness (QED) is 0.664. The van der Waals surface area contributed by atoms with Crippen molar-refractivity contribution in [2.75, 3.05) is 0 Å². The minimum atomic E-state index is -1.34. The maximum Gasteiger partial charge on any atom is 0.123 e. The first kappa shape index (κ1) is 14.9. The van der Waals surface area contributed by atoms with Gasteiger partial charge in [0.05, 0.1) is 11.6 Å². The summed E-state index contributed by atoms with van der Waals surface area (Å²) < 4.78 is 15.2. The van der Waals surface area contributed by atoms with Crippen LogP contribution in [-0.2, 0) is 0 Å². The Morgan fingerprint density at radius 3 is 2.41 bits per heavy atom. The third kappa shape index (κ3) is 3.09. The van der Waals surface area contributed by atoms with E-state index < -0.39 is 8.07 Å². The molecule has 22 heavy (non-hydrogen) atoms. The van der Waals surface area contributed by atoms with Crippen molar-refractivity contribution in [1.29, 1.82) is 0 Å². The van der Waals surface area contributed by atoms with Gasteiger partial charge in [-0.2, -0.15) is 0 Å². The molecule has 0 N–H and O–H groups in total. The molecular formula is C17H20FN3Si. The molecule has 0 fully saturated rings. The number of hydrogen-bond donors (Lipinski definition) is 0. The molecule has 1 aromatic heterocycles. The number of halogens is 1. The van der Waals surface area contributed by atoms with Crippen molar-refractivity contribution in [2.24, 2.45) is 0 Å². The largest absolute Gasteiger partial charge is 0.237 e. The van der Waals surface area contributed by atoms with Gasteiger partial charge in [-0.15, -0.1) is 5.10 Å². The molecule has 2 aromatic carbocycles. The minimum Gasteiger partial charge on any atom is -0.237 e. The Labute approximate surface area is 130 Å². The highest BCUT2D eigenvalue weighted by Crippen LogP contribution is 2.30. The van der Waals surface area contributed by atoms with Crippen molar-refractivity contribution >= 4 is 19.1 Å². The maximum atomic E-state index is 13.3. The summed E-state index contributed by atoms with van der Waals surface area (Å²) in [5, 5.41) is 8.64. The van der Waals surface area contributed by atoms with Gasteiger partial charge in [-0.3, -0.25) is 0 Å². The molecule has 0 saturated heterocycles. The van der Waals surface area contributed by atoms with Crippen LogP contribution in [0.25, 0.3) is 11.0 Å². The molecule has 5 heteroatoms. The summed E-state index contributed by atoms with van der Waals surface area (Å²) in [5.41, 5.74) is 3.00. The summed E-state index contributed by atoms with van der Waals surface area (Å²) >= 11 is 0. The number of aromatic nitrogens is 3. The van der Waals surface area contributed by atoms with Crippen molar-refractivity contribution in [3.63, 3.8) is 0 Å². The molecule has 0 bridgehead atoms. The second-order valence-electron chi connectivity index (χ2n) is 6.85. The van der Waals surface area contributed by atoms with E-state index in [1.165, 1.54) is 12.1 Å². The first-order chi connectivity index (χ1) is 10.4. The average molecular weight is 313 g/mol. The lowest BCUT2D eigenvalue weighted by molar-refractivity contribution is 0.552. The molecule has 0 unspecified atom stereocenters. The van der Waals surface area contributed by atoms with E-state index in [0.717, 1.165) is 22.6 Å². The van der Waals surface area contributed by atoms with Gasteiger partial charge in [0.25, 0.3) is 0 Å². The number of rotatable bonds is 4. The van der Waals surface area contributed by atoms with Crippen LogP contribution in [0.15, 0.2) is 48.5 Å².